The fraction of sp³-hybridized carbons (Fsp3) is 0.381. The Morgan fingerprint density at radius 1 is 1.16 bits per heavy atom. The molecular formula is C21H25NO3. The number of hydrogen-bond donors (Lipinski definition) is 1. The van der Waals surface area contributed by atoms with Crippen LogP contribution in [0.15, 0.2) is 47.1 Å². The second-order valence-electron chi connectivity index (χ2n) is 6.72. The van der Waals surface area contributed by atoms with Gasteiger partial charge in [0.25, 0.3) is 0 Å². The standard InChI is InChI=1S/C21H25NO3/c1-13-11-14(2)19(21(25)12-13)9-10-20(24)18-7-5-17(6-8-18)15(3)22-16(4)23/h5-8,11,15H,9-10,12H2,1-4H3,(H,22,23). The molecule has 25 heavy (non-hydrogen) atoms. The zero-order valence-corrected chi connectivity index (χ0v) is 15.3. The smallest absolute Gasteiger partial charge is 0.217 e. The molecule has 4 nitrogen and oxygen atoms in total. The number of carbonyl (C=O) groups is 3. The Hall–Kier alpha value is -2.49. The van der Waals surface area contributed by atoms with Gasteiger partial charge in [-0.3, -0.25) is 14.4 Å². The largest absolute Gasteiger partial charge is 0.350 e. The second-order valence-corrected chi connectivity index (χ2v) is 6.72. The van der Waals surface area contributed by atoms with Crippen LogP contribution < -0.4 is 5.32 Å². The number of ketones is 2. The van der Waals surface area contributed by atoms with E-state index in [1.165, 1.54) is 6.92 Å². The first-order chi connectivity index (χ1) is 11.8. The molecule has 2 rings (SSSR count). The van der Waals surface area contributed by atoms with Gasteiger partial charge in [0.1, 0.15) is 0 Å². The summed E-state index contributed by atoms with van der Waals surface area (Å²) in [6.45, 7) is 7.26. The normalized spacial score (nSPS) is 15.7. The third-order valence-electron chi connectivity index (χ3n) is 4.47. The maximum Gasteiger partial charge on any atom is 0.217 e. The minimum absolute atomic E-state index is 0.0260. The summed E-state index contributed by atoms with van der Waals surface area (Å²) < 4.78 is 0. The Morgan fingerprint density at radius 2 is 1.80 bits per heavy atom. The monoisotopic (exact) mass is 339 g/mol. The third-order valence-corrected chi connectivity index (χ3v) is 4.47. The van der Waals surface area contributed by atoms with Crippen molar-refractivity contribution in [1.29, 1.82) is 0 Å². The van der Waals surface area contributed by atoms with Crippen molar-refractivity contribution in [2.24, 2.45) is 0 Å². The fourth-order valence-electron chi connectivity index (χ4n) is 3.15. The van der Waals surface area contributed by atoms with E-state index in [4.69, 9.17) is 0 Å². The van der Waals surface area contributed by atoms with Gasteiger partial charge in [0.2, 0.25) is 5.91 Å². The molecule has 0 aliphatic heterocycles. The molecule has 1 unspecified atom stereocenters. The predicted molar refractivity (Wildman–Crippen MR) is 98.3 cm³/mol. The molecular weight excluding hydrogens is 314 g/mol. The van der Waals surface area contributed by atoms with Crippen molar-refractivity contribution in [2.45, 2.75) is 53.0 Å². The second kappa shape index (κ2) is 8.06. The highest BCUT2D eigenvalue weighted by Crippen LogP contribution is 2.25. The molecule has 1 atom stereocenters. The van der Waals surface area contributed by atoms with Crippen molar-refractivity contribution in [3.8, 4) is 0 Å². The Kier molecular flexibility index (Phi) is 6.07. The van der Waals surface area contributed by atoms with Crippen LogP contribution in [0.1, 0.15) is 68.9 Å². The maximum absolute atomic E-state index is 12.4. The Balaban J connectivity index is 2.01. The zero-order chi connectivity index (χ0) is 18.6. The summed E-state index contributed by atoms with van der Waals surface area (Å²) >= 11 is 0. The van der Waals surface area contributed by atoms with Crippen LogP contribution in [0, 0.1) is 0 Å². The van der Waals surface area contributed by atoms with E-state index in [1.54, 1.807) is 12.1 Å². The molecule has 1 aromatic rings. The summed E-state index contributed by atoms with van der Waals surface area (Å²) in [7, 11) is 0. The van der Waals surface area contributed by atoms with Crippen molar-refractivity contribution in [2.75, 3.05) is 0 Å². The molecule has 1 amide bonds. The molecule has 0 radical (unpaired) electrons. The van der Waals surface area contributed by atoms with E-state index in [9.17, 15) is 14.4 Å². The topological polar surface area (TPSA) is 63.2 Å². The number of rotatable bonds is 6. The van der Waals surface area contributed by atoms with Gasteiger partial charge >= 0.3 is 0 Å². The van der Waals surface area contributed by atoms with Gasteiger partial charge in [-0.05, 0) is 43.9 Å². The van der Waals surface area contributed by atoms with Crippen LogP contribution in [0.5, 0.6) is 0 Å². The Morgan fingerprint density at radius 3 is 2.36 bits per heavy atom. The van der Waals surface area contributed by atoms with E-state index in [2.05, 4.69) is 5.32 Å². The first-order valence-electron chi connectivity index (χ1n) is 8.58. The lowest BCUT2D eigenvalue weighted by molar-refractivity contribution is -0.119. The average molecular weight is 339 g/mol. The SMILES string of the molecule is CC(=O)NC(C)c1ccc(C(=O)CCC2=C(C)C=C(C)CC2=O)cc1. The molecule has 132 valence electrons. The molecule has 0 spiro atoms. The summed E-state index contributed by atoms with van der Waals surface area (Å²) in [5.41, 5.74) is 4.40. The average Bonchev–Trinajstić information content (AvgIpc) is 2.53. The molecule has 0 heterocycles. The van der Waals surface area contributed by atoms with Crippen molar-refractivity contribution in [1.82, 2.24) is 5.32 Å². The molecule has 1 aliphatic carbocycles. The highest BCUT2D eigenvalue weighted by atomic mass is 16.1. The van der Waals surface area contributed by atoms with E-state index >= 15 is 0 Å². The number of allylic oxidation sites excluding steroid dienone is 4. The van der Waals surface area contributed by atoms with Crippen molar-refractivity contribution < 1.29 is 14.4 Å². The predicted octanol–water partition coefficient (Wildman–Crippen LogP) is 4.08. The van der Waals surface area contributed by atoms with Gasteiger partial charge in [-0.25, -0.2) is 0 Å². The number of carbonyl (C=O) groups excluding carboxylic acids is 3. The van der Waals surface area contributed by atoms with Crippen LogP contribution in [0.4, 0.5) is 0 Å². The molecule has 1 aromatic carbocycles. The quantitative estimate of drug-likeness (QED) is 0.794. The summed E-state index contributed by atoms with van der Waals surface area (Å²) in [4.78, 5) is 35.6. The van der Waals surface area contributed by atoms with Crippen LogP contribution >= 0.6 is 0 Å². The fourth-order valence-corrected chi connectivity index (χ4v) is 3.15. The Bertz CT molecular complexity index is 754. The highest BCUT2D eigenvalue weighted by Gasteiger charge is 2.18. The molecule has 0 saturated heterocycles. The van der Waals surface area contributed by atoms with Gasteiger partial charge in [0, 0.05) is 25.3 Å². The van der Waals surface area contributed by atoms with E-state index in [0.717, 1.165) is 22.3 Å². The van der Waals surface area contributed by atoms with E-state index < -0.39 is 0 Å². The minimum atomic E-state index is -0.0932. The lowest BCUT2D eigenvalue weighted by Gasteiger charge is -2.15. The van der Waals surface area contributed by atoms with Gasteiger partial charge in [0.05, 0.1) is 6.04 Å². The zero-order valence-electron chi connectivity index (χ0n) is 15.3. The van der Waals surface area contributed by atoms with E-state index in [-0.39, 0.29) is 23.5 Å². The number of benzene rings is 1. The van der Waals surface area contributed by atoms with Gasteiger partial charge in [-0.2, -0.15) is 0 Å². The molecule has 0 aromatic heterocycles. The summed E-state index contributed by atoms with van der Waals surface area (Å²) in [6, 6.07) is 7.18. The maximum atomic E-state index is 12.4. The molecule has 1 aliphatic rings. The van der Waals surface area contributed by atoms with Crippen LogP contribution in [0.2, 0.25) is 0 Å². The van der Waals surface area contributed by atoms with Crippen LogP contribution in [-0.2, 0) is 9.59 Å². The number of hydrogen-bond acceptors (Lipinski definition) is 3. The number of nitrogens with one attached hydrogen (secondary N) is 1. The third kappa shape index (κ3) is 4.99. The number of Topliss-reactive ketones (excluding diaryl/α,β-unsaturated/α-hetero) is 2. The van der Waals surface area contributed by atoms with Crippen LogP contribution in [0.25, 0.3) is 0 Å². The van der Waals surface area contributed by atoms with Crippen LogP contribution in [-0.4, -0.2) is 17.5 Å². The summed E-state index contributed by atoms with van der Waals surface area (Å²) in [5, 5.41) is 2.82. The minimum Gasteiger partial charge on any atom is -0.350 e. The number of amides is 1. The lowest BCUT2D eigenvalue weighted by atomic mass is 9.89. The lowest BCUT2D eigenvalue weighted by Crippen LogP contribution is -2.23. The van der Waals surface area contributed by atoms with Gasteiger partial charge in [-0.1, -0.05) is 35.9 Å². The summed E-state index contributed by atoms with van der Waals surface area (Å²) in [6.07, 6.45) is 3.29. The molecule has 0 fully saturated rings. The van der Waals surface area contributed by atoms with Gasteiger partial charge in [-0.15, -0.1) is 0 Å². The molecule has 4 heteroatoms. The Labute approximate surface area is 149 Å². The molecule has 0 saturated carbocycles. The van der Waals surface area contributed by atoms with E-state index in [1.807, 2.05) is 39.0 Å². The first kappa shape index (κ1) is 18.8. The van der Waals surface area contributed by atoms with Gasteiger partial charge < -0.3 is 5.32 Å². The van der Waals surface area contributed by atoms with Crippen LogP contribution in [0.3, 0.4) is 0 Å². The van der Waals surface area contributed by atoms with Crippen molar-refractivity contribution >= 4 is 17.5 Å². The van der Waals surface area contributed by atoms with Gasteiger partial charge in [0.15, 0.2) is 11.6 Å². The molecule has 0 bridgehead atoms. The van der Waals surface area contributed by atoms with Crippen molar-refractivity contribution in [3.63, 3.8) is 0 Å². The van der Waals surface area contributed by atoms with Crippen molar-refractivity contribution in [3.05, 3.63) is 58.2 Å². The molecule has 1 N–H and O–H groups in total. The summed E-state index contributed by atoms with van der Waals surface area (Å²) in [5.74, 6) is 0.0700. The van der Waals surface area contributed by atoms with E-state index in [0.29, 0.717) is 24.8 Å². The highest BCUT2D eigenvalue weighted by molar-refractivity contribution is 6.01. The first-order valence-corrected chi connectivity index (χ1v) is 8.58.